The van der Waals surface area contributed by atoms with Crippen LogP contribution >= 0.6 is 58.0 Å². The number of aromatic hydroxyl groups is 1. The average molecular weight is 508 g/mol. The SMILES string of the molecule is COc1cc(CNc2cc(Cl)c(O)c(Cl)c2)c(Cl)cc1OCc1c(Cl)cccc1Cl. The highest BCUT2D eigenvalue weighted by atomic mass is 35.5. The first-order valence-electron chi connectivity index (χ1n) is 8.64. The van der Waals surface area contributed by atoms with Gasteiger partial charge in [-0.2, -0.15) is 0 Å². The first kappa shape index (κ1) is 23.0. The standard InChI is InChI=1S/C21H16Cl5NO3/c1-29-19-5-11(9-27-12-6-17(25)21(28)18(26)7-12)16(24)8-20(19)30-10-13-14(22)3-2-4-15(13)23/h2-8,27-28H,9-10H2,1H3. The molecule has 0 saturated heterocycles. The number of halogens is 5. The number of hydrogen-bond donors (Lipinski definition) is 2. The predicted molar refractivity (Wildman–Crippen MR) is 124 cm³/mol. The largest absolute Gasteiger partial charge is 0.505 e. The molecule has 9 heteroatoms. The summed E-state index contributed by atoms with van der Waals surface area (Å²) >= 11 is 30.7. The Hall–Kier alpha value is -1.69. The first-order chi connectivity index (χ1) is 14.3. The molecular weight excluding hydrogens is 492 g/mol. The van der Waals surface area contributed by atoms with Gasteiger partial charge in [0.25, 0.3) is 0 Å². The molecule has 0 aliphatic carbocycles. The zero-order valence-corrected chi connectivity index (χ0v) is 19.4. The number of methoxy groups -OCH3 is 1. The monoisotopic (exact) mass is 505 g/mol. The summed E-state index contributed by atoms with van der Waals surface area (Å²) in [5.41, 5.74) is 2.06. The minimum absolute atomic E-state index is 0.149. The van der Waals surface area contributed by atoms with Crippen molar-refractivity contribution < 1.29 is 14.6 Å². The number of ether oxygens (including phenoxy) is 2. The van der Waals surface area contributed by atoms with Gasteiger partial charge in [0.2, 0.25) is 0 Å². The van der Waals surface area contributed by atoms with Crippen LogP contribution in [0.3, 0.4) is 0 Å². The molecule has 0 radical (unpaired) electrons. The Bertz CT molecular complexity index is 1030. The number of nitrogens with one attached hydrogen (secondary N) is 1. The van der Waals surface area contributed by atoms with Crippen LogP contribution in [0.5, 0.6) is 17.2 Å². The quantitative estimate of drug-likeness (QED) is 0.320. The Balaban J connectivity index is 1.77. The highest BCUT2D eigenvalue weighted by Crippen LogP contribution is 2.37. The van der Waals surface area contributed by atoms with Crippen molar-refractivity contribution in [1.82, 2.24) is 0 Å². The van der Waals surface area contributed by atoms with Crippen molar-refractivity contribution in [3.05, 3.63) is 78.7 Å². The molecule has 3 aromatic carbocycles. The second-order valence-electron chi connectivity index (χ2n) is 6.23. The number of phenolic OH excluding ortho intramolecular Hbond substituents is 1. The molecule has 0 aliphatic rings. The molecule has 2 N–H and O–H groups in total. The van der Waals surface area contributed by atoms with Crippen molar-refractivity contribution in [3.8, 4) is 17.2 Å². The third-order valence-electron chi connectivity index (χ3n) is 4.27. The lowest BCUT2D eigenvalue weighted by Crippen LogP contribution is -2.03. The first-order valence-corrected chi connectivity index (χ1v) is 10.5. The van der Waals surface area contributed by atoms with E-state index in [2.05, 4.69) is 5.32 Å². The Morgan fingerprint density at radius 2 is 1.47 bits per heavy atom. The minimum Gasteiger partial charge on any atom is -0.505 e. The van der Waals surface area contributed by atoms with Gasteiger partial charge in [-0.25, -0.2) is 0 Å². The van der Waals surface area contributed by atoms with Crippen LogP contribution in [-0.4, -0.2) is 12.2 Å². The topological polar surface area (TPSA) is 50.7 Å². The zero-order valence-electron chi connectivity index (χ0n) is 15.6. The third kappa shape index (κ3) is 5.32. The number of anilines is 1. The van der Waals surface area contributed by atoms with Gasteiger partial charge in [-0.1, -0.05) is 64.1 Å². The van der Waals surface area contributed by atoms with Gasteiger partial charge >= 0.3 is 0 Å². The van der Waals surface area contributed by atoms with E-state index in [9.17, 15) is 5.11 Å². The predicted octanol–water partition coefficient (Wildman–Crippen LogP) is 7.86. The van der Waals surface area contributed by atoms with Gasteiger partial charge in [0.1, 0.15) is 6.61 Å². The van der Waals surface area contributed by atoms with E-state index < -0.39 is 0 Å². The van der Waals surface area contributed by atoms with Gasteiger partial charge in [0, 0.05) is 38.9 Å². The molecule has 0 unspecified atom stereocenters. The lowest BCUT2D eigenvalue weighted by atomic mass is 10.2. The van der Waals surface area contributed by atoms with E-state index in [1.54, 1.807) is 42.5 Å². The minimum atomic E-state index is -0.163. The van der Waals surface area contributed by atoms with Gasteiger partial charge in [-0.3, -0.25) is 0 Å². The van der Waals surface area contributed by atoms with Gasteiger partial charge in [0.15, 0.2) is 17.2 Å². The molecule has 158 valence electrons. The van der Waals surface area contributed by atoms with Crippen LogP contribution in [0.25, 0.3) is 0 Å². The molecule has 0 bridgehead atoms. The lowest BCUT2D eigenvalue weighted by molar-refractivity contribution is 0.284. The maximum atomic E-state index is 9.67. The van der Waals surface area contributed by atoms with Crippen LogP contribution in [0.2, 0.25) is 25.1 Å². The van der Waals surface area contributed by atoms with Crippen molar-refractivity contribution in [1.29, 1.82) is 0 Å². The third-order valence-corrected chi connectivity index (χ3v) is 5.90. The Labute approximate surface area is 199 Å². The molecular formula is C21H16Cl5NO3. The zero-order chi connectivity index (χ0) is 21.8. The molecule has 0 aliphatic heterocycles. The normalized spacial score (nSPS) is 10.7. The molecule has 0 saturated carbocycles. The highest BCUT2D eigenvalue weighted by Gasteiger charge is 2.14. The van der Waals surface area contributed by atoms with Crippen molar-refractivity contribution in [2.75, 3.05) is 12.4 Å². The van der Waals surface area contributed by atoms with Crippen LogP contribution in [0.15, 0.2) is 42.5 Å². The van der Waals surface area contributed by atoms with Gasteiger partial charge in [-0.05, 0) is 35.9 Å². The molecule has 0 atom stereocenters. The summed E-state index contributed by atoms with van der Waals surface area (Å²) in [4.78, 5) is 0. The second kappa shape index (κ2) is 10.1. The maximum absolute atomic E-state index is 9.67. The van der Waals surface area contributed by atoms with Crippen LogP contribution in [-0.2, 0) is 13.2 Å². The van der Waals surface area contributed by atoms with Gasteiger partial charge in [-0.15, -0.1) is 0 Å². The fourth-order valence-corrected chi connectivity index (χ4v) is 3.88. The summed E-state index contributed by atoms with van der Waals surface area (Å²) in [5.74, 6) is 0.794. The number of hydrogen-bond acceptors (Lipinski definition) is 4. The van der Waals surface area contributed by atoms with Gasteiger partial charge < -0.3 is 19.9 Å². The van der Waals surface area contributed by atoms with E-state index in [4.69, 9.17) is 67.5 Å². The highest BCUT2D eigenvalue weighted by molar-refractivity contribution is 6.37. The Morgan fingerprint density at radius 1 is 0.833 bits per heavy atom. The van der Waals surface area contributed by atoms with E-state index in [1.165, 1.54) is 7.11 Å². The number of benzene rings is 3. The molecule has 0 fully saturated rings. The molecule has 3 aromatic rings. The molecule has 0 aromatic heterocycles. The summed E-state index contributed by atoms with van der Waals surface area (Å²) in [6.45, 7) is 0.524. The Kier molecular flexibility index (Phi) is 7.72. The fraction of sp³-hybridized carbons (Fsp3) is 0.143. The van der Waals surface area contributed by atoms with Crippen molar-refractivity contribution >= 4 is 63.7 Å². The van der Waals surface area contributed by atoms with Crippen LogP contribution < -0.4 is 14.8 Å². The number of phenols is 1. The molecule has 0 amide bonds. The van der Waals surface area contributed by atoms with E-state index in [-0.39, 0.29) is 22.4 Å². The fourth-order valence-electron chi connectivity index (χ4n) is 2.67. The molecule has 0 heterocycles. The van der Waals surface area contributed by atoms with Crippen LogP contribution in [0.1, 0.15) is 11.1 Å². The van der Waals surface area contributed by atoms with Crippen molar-refractivity contribution in [3.63, 3.8) is 0 Å². The molecule has 4 nitrogen and oxygen atoms in total. The Morgan fingerprint density at radius 3 is 2.07 bits per heavy atom. The number of rotatable bonds is 7. The second-order valence-corrected chi connectivity index (χ2v) is 8.26. The summed E-state index contributed by atoms with van der Waals surface area (Å²) in [6, 6.07) is 11.8. The van der Waals surface area contributed by atoms with E-state index in [1.807, 2.05) is 0 Å². The van der Waals surface area contributed by atoms with Gasteiger partial charge in [0.05, 0.1) is 17.2 Å². The summed E-state index contributed by atoms with van der Waals surface area (Å²) < 4.78 is 11.3. The summed E-state index contributed by atoms with van der Waals surface area (Å²) in [6.07, 6.45) is 0. The molecule has 30 heavy (non-hydrogen) atoms. The lowest BCUT2D eigenvalue weighted by Gasteiger charge is -2.16. The summed E-state index contributed by atoms with van der Waals surface area (Å²) in [7, 11) is 1.54. The summed E-state index contributed by atoms with van der Waals surface area (Å²) in [5, 5.41) is 14.6. The van der Waals surface area contributed by atoms with Crippen LogP contribution in [0, 0.1) is 0 Å². The maximum Gasteiger partial charge on any atom is 0.163 e. The van der Waals surface area contributed by atoms with Crippen molar-refractivity contribution in [2.24, 2.45) is 0 Å². The van der Waals surface area contributed by atoms with Crippen molar-refractivity contribution in [2.45, 2.75) is 13.2 Å². The molecule has 0 spiro atoms. The molecule has 3 rings (SSSR count). The van der Waals surface area contributed by atoms with E-state index in [0.717, 1.165) is 5.56 Å². The van der Waals surface area contributed by atoms with E-state index in [0.29, 0.717) is 44.4 Å². The smallest absolute Gasteiger partial charge is 0.163 e. The average Bonchev–Trinajstić information content (AvgIpc) is 2.70. The van der Waals surface area contributed by atoms with E-state index >= 15 is 0 Å². The van der Waals surface area contributed by atoms with Crippen LogP contribution in [0.4, 0.5) is 5.69 Å².